The van der Waals surface area contributed by atoms with Gasteiger partial charge in [0, 0.05) is 19.0 Å². The standard InChI is InChI=1S/C11H20N2O4/c14-9(10(15)16)6-7-12-11(17)13-8-4-2-1-3-5-8/h8-9,14H,1-7H2,(H,15,16)(H2,12,13,17)/t9-/m1/s1. The van der Waals surface area contributed by atoms with Gasteiger partial charge in [-0.05, 0) is 12.8 Å². The molecular weight excluding hydrogens is 224 g/mol. The number of hydrogen-bond acceptors (Lipinski definition) is 3. The van der Waals surface area contributed by atoms with E-state index in [2.05, 4.69) is 10.6 Å². The number of hydrogen-bond donors (Lipinski definition) is 4. The summed E-state index contributed by atoms with van der Waals surface area (Å²) in [7, 11) is 0. The molecule has 17 heavy (non-hydrogen) atoms. The highest BCUT2D eigenvalue weighted by Crippen LogP contribution is 2.16. The summed E-state index contributed by atoms with van der Waals surface area (Å²) in [5.41, 5.74) is 0. The molecule has 0 aromatic carbocycles. The Morgan fingerprint density at radius 3 is 2.47 bits per heavy atom. The largest absolute Gasteiger partial charge is 0.479 e. The molecule has 1 fully saturated rings. The van der Waals surface area contributed by atoms with E-state index >= 15 is 0 Å². The highest BCUT2D eigenvalue weighted by Gasteiger charge is 2.16. The van der Waals surface area contributed by atoms with Gasteiger partial charge in [0.25, 0.3) is 0 Å². The molecule has 1 atom stereocenters. The van der Waals surface area contributed by atoms with Gasteiger partial charge in [0.05, 0.1) is 0 Å². The van der Waals surface area contributed by atoms with Crippen LogP contribution >= 0.6 is 0 Å². The van der Waals surface area contributed by atoms with Crippen molar-refractivity contribution in [2.24, 2.45) is 0 Å². The molecule has 0 radical (unpaired) electrons. The van der Waals surface area contributed by atoms with E-state index in [1.165, 1.54) is 6.42 Å². The van der Waals surface area contributed by atoms with E-state index in [1.54, 1.807) is 0 Å². The van der Waals surface area contributed by atoms with Crippen molar-refractivity contribution in [2.45, 2.75) is 50.7 Å². The number of carbonyl (C=O) groups excluding carboxylic acids is 1. The summed E-state index contributed by atoms with van der Waals surface area (Å²) in [6.45, 7) is 0.159. The van der Waals surface area contributed by atoms with Crippen LogP contribution in [0, 0.1) is 0 Å². The number of rotatable bonds is 5. The van der Waals surface area contributed by atoms with Crippen LogP contribution in [-0.2, 0) is 4.79 Å². The first-order valence-electron chi connectivity index (χ1n) is 6.05. The number of urea groups is 1. The van der Waals surface area contributed by atoms with Gasteiger partial charge in [-0.25, -0.2) is 9.59 Å². The molecule has 0 unspecified atom stereocenters. The molecule has 4 N–H and O–H groups in total. The summed E-state index contributed by atoms with van der Waals surface area (Å²) in [4.78, 5) is 21.7. The zero-order valence-electron chi connectivity index (χ0n) is 9.82. The molecule has 98 valence electrons. The van der Waals surface area contributed by atoms with Gasteiger partial charge < -0.3 is 20.8 Å². The Morgan fingerprint density at radius 2 is 1.88 bits per heavy atom. The molecule has 0 saturated heterocycles. The minimum atomic E-state index is -1.41. The number of aliphatic carboxylic acids is 1. The summed E-state index contributed by atoms with van der Waals surface area (Å²) in [5, 5.41) is 22.8. The van der Waals surface area contributed by atoms with Crippen LogP contribution in [0.4, 0.5) is 4.79 Å². The maximum absolute atomic E-state index is 11.4. The molecule has 1 rings (SSSR count). The number of carboxylic acid groups (broad SMARTS) is 1. The molecule has 0 bridgehead atoms. The molecule has 2 amide bonds. The van der Waals surface area contributed by atoms with Crippen LogP contribution in [0.1, 0.15) is 38.5 Å². The van der Waals surface area contributed by atoms with E-state index in [-0.39, 0.29) is 25.0 Å². The maximum atomic E-state index is 11.4. The van der Waals surface area contributed by atoms with E-state index in [9.17, 15) is 9.59 Å². The van der Waals surface area contributed by atoms with Crippen molar-refractivity contribution in [1.82, 2.24) is 10.6 Å². The number of carboxylic acids is 1. The van der Waals surface area contributed by atoms with Crippen LogP contribution in [0.3, 0.4) is 0 Å². The lowest BCUT2D eigenvalue weighted by atomic mass is 9.96. The Morgan fingerprint density at radius 1 is 1.24 bits per heavy atom. The van der Waals surface area contributed by atoms with Crippen LogP contribution in [0.15, 0.2) is 0 Å². The van der Waals surface area contributed by atoms with Crippen LogP contribution < -0.4 is 10.6 Å². The Bertz CT molecular complexity index is 264. The van der Waals surface area contributed by atoms with Gasteiger partial charge in [0.1, 0.15) is 0 Å². The second-order valence-electron chi connectivity index (χ2n) is 4.38. The molecule has 1 aliphatic carbocycles. The van der Waals surface area contributed by atoms with Crippen molar-refractivity contribution < 1.29 is 19.8 Å². The minimum Gasteiger partial charge on any atom is -0.479 e. The lowest BCUT2D eigenvalue weighted by molar-refractivity contribution is -0.146. The summed E-state index contributed by atoms with van der Waals surface area (Å²) in [5.74, 6) is -1.26. The van der Waals surface area contributed by atoms with Gasteiger partial charge in [0.15, 0.2) is 6.10 Å². The highest BCUT2D eigenvalue weighted by molar-refractivity contribution is 5.74. The van der Waals surface area contributed by atoms with Crippen molar-refractivity contribution in [3.63, 3.8) is 0 Å². The average molecular weight is 244 g/mol. The predicted octanol–water partition coefficient (Wildman–Crippen LogP) is 0.454. The Labute approximate surface area is 100 Å². The SMILES string of the molecule is O=C(NCC[C@@H](O)C(=O)O)NC1CCCCC1. The molecule has 0 aliphatic heterocycles. The van der Waals surface area contributed by atoms with E-state index in [4.69, 9.17) is 10.2 Å². The van der Waals surface area contributed by atoms with Gasteiger partial charge in [0.2, 0.25) is 0 Å². The lowest BCUT2D eigenvalue weighted by Crippen LogP contribution is -2.43. The normalized spacial score (nSPS) is 18.4. The van der Waals surface area contributed by atoms with E-state index in [1.807, 2.05) is 0 Å². The maximum Gasteiger partial charge on any atom is 0.332 e. The first-order chi connectivity index (χ1) is 8.09. The number of nitrogens with one attached hydrogen (secondary N) is 2. The third-order valence-corrected chi connectivity index (χ3v) is 2.93. The second-order valence-corrected chi connectivity index (χ2v) is 4.38. The molecule has 0 aromatic heterocycles. The monoisotopic (exact) mass is 244 g/mol. The van der Waals surface area contributed by atoms with Crippen molar-refractivity contribution >= 4 is 12.0 Å². The predicted molar refractivity (Wildman–Crippen MR) is 61.7 cm³/mol. The zero-order valence-corrected chi connectivity index (χ0v) is 9.82. The van der Waals surface area contributed by atoms with Crippen LogP contribution in [0.25, 0.3) is 0 Å². The Kier molecular flexibility index (Phi) is 5.76. The molecule has 6 heteroatoms. The van der Waals surface area contributed by atoms with E-state index < -0.39 is 12.1 Å². The average Bonchev–Trinajstić information content (AvgIpc) is 2.30. The van der Waals surface area contributed by atoms with Crippen LogP contribution in [0.5, 0.6) is 0 Å². The molecule has 0 heterocycles. The summed E-state index contributed by atoms with van der Waals surface area (Å²) < 4.78 is 0. The number of aliphatic hydroxyl groups is 1. The van der Waals surface area contributed by atoms with E-state index in [0.717, 1.165) is 25.7 Å². The first kappa shape index (κ1) is 13.8. The fourth-order valence-electron chi connectivity index (χ4n) is 1.93. The summed E-state index contributed by atoms with van der Waals surface area (Å²) in [6, 6.07) is -0.0531. The third kappa shape index (κ3) is 5.53. The minimum absolute atomic E-state index is 0.0212. The van der Waals surface area contributed by atoms with Gasteiger partial charge in [-0.2, -0.15) is 0 Å². The Hall–Kier alpha value is -1.30. The fraction of sp³-hybridized carbons (Fsp3) is 0.818. The van der Waals surface area contributed by atoms with Gasteiger partial charge >= 0.3 is 12.0 Å². The second kappa shape index (κ2) is 7.11. The van der Waals surface area contributed by atoms with Gasteiger partial charge in [-0.1, -0.05) is 19.3 Å². The van der Waals surface area contributed by atoms with Gasteiger partial charge in [-0.3, -0.25) is 0 Å². The van der Waals surface area contributed by atoms with Gasteiger partial charge in [-0.15, -0.1) is 0 Å². The first-order valence-corrected chi connectivity index (χ1v) is 6.05. The number of amides is 2. The third-order valence-electron chi connectivity index (χ3n) is 2.93. The molecule has 6 nitrogen and oxygen atoms in total. The fourth-order valence-corrected chi connectivity index (χ4v) is 1.93. The molecule has 0 spiro atoms. The topological polar surface area (TPSA) is 98.7 Å². The number of carbonyl (C=O) groups is 2. The van der Waals surface area contributed by atoms with Crippen molar-refractivity contribution in [1.29, 1.82) is 0 Å². The summed E-state index contributed by atoms with van der Waals surface area (Å²) >= 11 is 0. The van der Waals surface area contributed by atoms with Crippen LogP contribution in [-0.4, -0.2) is 40.9 Å². The summed E-state index contributed by atoms with van der Waals surface area (Å²) in [6.07, 6.45) is 4.13. The molecule has 1 saturated carbocycles. The number of aliphatic hydroxyl groups excluding tert-OH is 1. The smallest absolute Gasteiger partial charge is 0.332 e. The Balaban J connectivity index is 2.10. The van der Waals surface area contributed by atoms with Crippen molar-refractivity contribution in [3.05, 3.63) is 0 Å². The van der Waals surface area contributed by atoms with Crippen LogP contribution in [0.2, 0.25) is 0 Å². The molecular formula is C11H20N2O4. The van der Waals surface area contributed by atoms with Crippen molar-refractivity contribution in [3.8, 4) is 0 Å². The lowest BCUT2D eigenvalue weighted by Gasteiger charge is -2.22. The zero-order chi connectivity index (χ0) is 12.7. The highest BCUT2D eigenvalue weighted by atomic mass is 16.4. The molecule has 1 aliphatic rings. The van der Waals surface area contributed by atoms with E-state index in [0.29, 0.717) is 0 Å². The quantitative estimate of drug-likeness (QED) is 0.564. The van der Waals surface area contributed by atoms with Crippen molar-refractivity contribution in [2.75, 3.05) is 6.54 Å². The molecule has 0 aromatic rings.